The number of rotatable bonds is 0. The first kappa shape index (κ1) is 11.1. The summed E-state index contributed by atoms with van der Waals surface area (Å²) in [6.07, 6.45) is 4.10. The van der Waals surface area contributed by atoms with E-state index >= 15 is 0 Å². The summed E-state index contributed by atoms with van der Waals surface area (Å²) in [5.74, 6) is 0.891. The van der Waals surface area contributed by atoms with E-state index < -0.39 is 0 Å². The van der Waals surface area contributed by atoms with E-state index in [4.69, 9.17) is 0 Å². The van der Waals surface area contributed by atoms with Gasteiger partial charge in [-0.15, -0.1) is 13.1 Å². The molecule has 2 aliphatic rings. The minimum absolute atomic E-state index is 0. The molecule has 0 amide bonds. The maximum absolute atomic E-state index is 4.47. The molecule has 0 aliphatic carbocycles. The minimum atomic E-state index is 0. The summed E-state index contributed by atoms with van der Waals surface area (Å²) < 4.78 is 0. The average Bonchev–Trinajstić information content (AvgIpc) is 2.06. The molecule has 0 spiro atoms. The fourth-order valence-electron chi connectivity index (χ4n) is 2.47. The summed E-state index contributed by atoms with van der Waals surface area (Å²) in [6.45, 7) is 3.54. The van der Waals surface area contributed by atoms with Crippen LogP contribution in [0.3, 0.4) is 0 Å². The monoisotopic (exact) mass is 242 g/mol. The van der Waals surface area contributed by atoms with Gasteiger partial charge in [-0.2, -0.15) is 0 Å². The van der Waals surface area contributed by atoms with Crippen LogP contribution in [0.15, 0.2) is 0 Å². The van der Waals surface area contributed by atoms with Crippen molar-refractivity contribution < 1.29 is 32.7 Å². The topological polar surface area (TPSA) is 17.3 Å². The molecule has 0 saturated carbocycles. The molecule has 12 heavy (non-hydrogen) atoms. The SMILES string of the molecule is CN1CCCC2C[N-]CCC21.[Y]. The van der Waals surface area contributed by atoms with E-state index in [-0.39, 0.29) is 32.7 Å². The fourth-order valence-corrected chi connectivity index (χ4v) is 2.47. The van der Waals surface area contributed by atoms with E-state index in [0.29, 0.717) is 0 Å². The Kier molecular flexibility index (Phi) is 4.66. The van der Waals surface area contributed by atoms with Crippen LogP contribution in [0.4, 0.5) is 0 Å². The van der Waals surface area contributed by atoms with Gasteiger partial charge in [0, 0.05) is 38.8 Å². The Hall–Kier alpha value is 1.02. The third-order valence-electron chi connectivity index (χ3n) is 3.14. The molecule has 2 rings (SSSR count). The molecule has 0 aromatic heterocycles. The summed E-state index contributed by atoms with van der Waals surface area (Å²) in [5.41, 5.74) is 0. The van der Waals surface area contributed by atoms with Crippen LogP contribution in [0.1, 0.15) is 19.3 Å². The second-order valence-corrected chi connectivity index (χ2v) is 3.87. The molecule has 67 valence electrons. The molecule has 2 heterocycles. The van der Waals surface area contributed by atoms with Crippen LogP contribution in [-0.4, -0.2) is 37.6 Å². The van der Waals surface area contributed by atoms with Gasteiger partial charge < -0.3 is 10.2 Å². The second kappa shape index (κ2) is 5.04. The smallest absolute Gasteiger partial charge is 0.00876 e. The van der Waals surface area contributed by atoms with E-state index in [1.54, 1.807) is 0 Å². The molecule has 2 fully saturated rings. The number of fused-ring (bicyclic) bond motifs is 1. The molecule has 0 aromatic rings. The van der Waals surface area contributed by atoms with Gasteiger partial charge in [-0.1, -0.05) is 6.42 Å². The van der Waals surface area contributed by atoms with Crippen LogP contribution in [0.5, 0.6) is 0 Å². The summed E-state index contributed by atoms with van der Waals surface area (Å²) in [7, 11) is 2.27. The third-order valence-corrected chi connectivity index (χ3v) is 3.14. The first-order chi connectivity index (χ1) is 5.38. The van der Waals surface area contributed by atoms with Crippen molar-refractivity contribution in [2.75, 3.05) is 26.7 Å². The van der Waals surface area contributed by atoms with Crippen LogP contribution in [-0.2, 0) is 32.7 Å². The third kappa shape index (κ3) is 2.28. The fraction of sp³-hybridized carbons (Fsp3) is 1.00. The average molecular weight is 242 g/mol. The van der Waals surface area contributed by atoms with Crippen LogP contribution in [0.2, 0.25) is 0 Å². The molecule has 2 unspecified atom stereocenters. The Labute approximate surface area is 100 Å². The largest absolute Gasteiger partial charge is 0.662 e. The maximum Gasteiger partial charge on any atom is 0.00876 e. The Bertz CT molecular complexity index is 138. The molecule has 0 N–H and O–H groups in total. The van der Waals surface area contributed by atoms with Gasteiger partial charge in [0.25, 0.3) is 0 Å². The standard InChI is InChI=1S/C9H17N2.Y/c1-11-6-2-3-8-7-10-5-4-9(8)11;/h8-9H,2-7H2,1H3;/q-1;. The predicted octanol–water partition coefficient (Wildman–Crippen LogP) is 1.47. The number of piperidine rings is 2. The van der Waals surface area contributed by atoms with Crippen molar-refractivity contribution in [2.45, 2.75) is 25.3 Å². The molecule has 1 radical (unpaired) electrons. The first-order valence-corrected chi connectivity index (χ1v) is 4.71. The summed E-state index contributed by atoms with van der Waals surface area (Å²) in [6, 6.07) is 0.862. The molecular formula is C9H17N2Y-. The molecule has 2 aliphatic heterocycles. The predicted molar refractivity (Wildman–Crippen MR) is 46.9 cm³/mol. The number of hydrogen-bond acceptors (Lipinski definition) is 1. The first-order valence-electron chi connectivity index (χ1n) is 4.71. The van der Waals surface area contributed by atoms with Gasteiger partial charge >= 0.3 is 0 Å². The molecule has 0 aromatic carbocycles. The number of likely N-dealkylation sites (tertiary alicyclic amines) is 1. The van der Waals surface area contributed by atoms with Crippen molar-refractivity contribution in [2.24, 2.45) is 5.92 Å². The molecule has 2 saturated heterocycles. The molecular weight excluding hydrogens is 225 g/mol. The van der Waals surface area contributed by atoms with Crippen molar-refractivity contribution in [3.63, 3.8) is 0 Å². The van der Waals surface area contributed by atoms with Crippen molar-refractivity contribution >= 4 is 0 Å². The molecule has 2 atom stereocenters. The van der Waals surface area contributed by atoms with E-state index in [9.17, 15) is 0 Å². The van der Waals surface area contributed by atoms with Crippen LogP contribution in [0, 0.1) is 5.92 Å². The van der Waals surface area contributed by atoms with Gasteiger partial charge in [0.2, 0.25) is 0 Å². The quantitative estimate of drug-likeness (QED) is 0.628. The summed E-state index contributed by atoms with van der Waals surface area (Å²) >= 11 is 0. The summed E-state index contributed by atoms with van der Waals surface area (Å²) in [4.78, 5) is 2.53. The van der Waals surface area contributed by atoms with E-state index in [2.05, 4.69) is 17.3 Å². The van der Waals surface area contributed by atoms with Gasteiger partial charge in [-0.05, 0) is 32.4 Å². The Morgan fingerprint density at radius 2 is 2.17 bits per heavy atom. The Morgan fingerprint density at radius 3 is 2.92 bits per heavy atom. The van der Waals surface area contributed by atoms with Crippen LogP contribution in [0.25, 0.3) is 5.32 Å². The second-order valence-electron chi connectivity index (χ2n) is 3.87. The van der Waals surface area contributed by atoms with Crippen molar-refractivity contribution in [3.8, 4) is 0 Å². The summed E-state index contributed by atoms with van der Waals surface area (Å²) in [5, 5.41) is 4.47. The zero-order chi connectivity index (χ0) is 7.68. The Balaban J connectivity index is 0.000000720. The number of hydrogen-bond donors (Lipinski definition) is 0. The van der Waals surface area contributed by atoms with E-state index in [1.165, 1.54) is 25.8 Å². The zero-order valence-electron chi connectivity index (χ0n) is 7.87. The van der Waals surface area contributed by atoms with E-state index in [1.807, 2.05) is 0 Å². The minimum Gasteiger partial charge on any atom is -0.662 e. The molecule has 0 bridgehead atoms. The normalized spacial score (nSPS) is 36.8. The number of nitrogens with zero attached hydrogens (tertiary/aromatic N) is 2. The van der Waals surface area contributed by atoms with Gasteiger partial charge in [0.05, 0.1) is 0 Å². The van der Waals surface area contributed by atoms with E-state index in [0.717, 1.165) is 25.0 Å². The van der Waals surface area contributed by atoms with Crippen molar-refractivity contribution in [1.29, 1.82) is 0 Å². The zero-order valence-corrected chi connectivity index (χ0v) is 10.7. The maximum atomic E-state index is 4.47. The van der Waals surface area contributed by atoms with Crippen molar-refractivity contribution in [1.82, 2.24) is 4.90 Å². The Morgan fingerprint density at radius 1 is 1.33 bits per heavy atom. The molecule has 3 heteroatoms. The van der Waals surface area contributed by atoms with Gasteiger partial charge in [-0.3, -0.25) is 0 Å². The molecule has 2 nitrogen and oxygen atoms in total. The van der Waals surface area contributed by atoms with Crippen LogP contribution >= 0.6 is 0 Å². The van der Waals surface area contributed by atoms with Gasteiger partial charge in [0.1, 0.15) is 0 Å². The van der Waals surface area contributed by atoms with Crippen molar-refractivity contribution in [3.05, 3.63) is 5.32 Å². The van der Waals surface area contributed by atoms with Gasteiger partial charge in [-0.25, -0.2) is 0 Å². The van der Waals surface area contributed by atoms with Gasteiger partial charge in [0.15, 0.2) is 0 Å². The van der Waals surface area contributed by atoms with Crippen LogP contribution < -0.4 is 0 Å².